The van der Waals surface area contributed by atoms with Crippen molar-refractivity contribution in [3.05, 3.63) is 0 Å². The predicted molar refractivity (Wildman–Crippen MR) is 50.9 cm³/mol. The molecule has 2 nitrogen and oxygen atoms in total. The van der Waals surface area contributed by atoms with Crippen molar-refractivity contribution in [3.8, 4) is 0 Å². The SMILES string of the molecule is CCNCCCN[C@H](C)CC. The first kappa shape index (κ1) is 10.9. The lowest BCUT2D eigenvalue weighted by molar-refractivity contribution is 0.514. The van der Waals surface area contributed by atoms with Crippen molar-refractivity contribution in [1.82, 2.24) is 10.6 Å². The van der Waals surface area contributed by atoms with E-state index < -0.39 is 0 Å². The molecule has 0 rings (SSSR count). The van der Waals surface area contributed by atoms with Crippen molar-refractivity contribution in [3.63, 3.8) is 0 Å². The Morgan fingerprint density at radius 1 is 1.18 bits per heavy atom. The van der Waals surface area contributed by atoms with Gasteiger partial charge in [0, 0.05) is 6.04 Å². The zero-order valence-electron chi connectivity index (χ0n) is 8.11. The van der Waals surface area contributed by atoms with Gasteiger partial charge in [0.25, 0.3) is 0 Å². The lowest BCUT2D eigenvalue weighted by atomic mass is 10.2. The molecule has 0 unspecified atom stereocenters. The molecule has 0 amide bonds. The Labute approximate surface area is 70.8 Å². The molecule has 0 bridgehead atoms. The van der Waals surface area contributed by atoms with Gasteiger partial charge >= 0.3 is 0 Å². The highest BCUT2D eigenvalue weighted by molar-refractivity contribution is 4.57. The lowest BCUT2D eigenvalue weighted by Crippen LogP contribution is -2.28. The van der Waals surface area contributed by atoms with Crippen LogP contribution < -0.4 is 10.6 Å². The molecule has 2 N–H and O–H groups in total. The molecular weight excluding hydrogens is 136 g/mol. The highest BCUT2D eigenvalue weighted by Gasteiger charge is 1.94. The Morgan fingerprint density at radius 2 is 1.91 bits per heavy atom. The quantitative estimate of drug-likeness (QED) is 0.547. The molecule has 0 saturated heterocycles. The maximum absolute atomic E-state index is 3.45. The molecule has 0 saturated carbocycles. The summed E-state index contributed by atoms with van der Waals surface area (Å²) in [5, 5.41) is 6.75. The van der Waals surface area contributed by atoms with Gasteiger partial charge in [-0.2, -0.15) is 0 Å². The summed E-state index contributed by atoms with van der Waals surface area (Å²) in [7, 11) is 0. The van der Waals surface area contributed by atoms with Gasteiger partial charge in [-0.3, -0.25) is 0 Å². The number of rotatable bonds is 7. The van der Waals surface area contributed by atoms with Crippen LogP contribution in [0.3, 0.4) is 0 Å². The molecule has 2 heteroatoms. The van der Waals surface area contributed by atoms with Crippen LogP contribution >= 0.6 is 0 Å². The van der Waals surface area contributed by atoms with Gasteiger partial charge in [-0.15, -0.1) is 0 Å². The third-order valence-corrected chi connectivity index (χ3v) is 1.89. The van der Waals surface area contributed by atoms with Gasteiger partial charge in [0.1, 0.15) is 0 Å². The highest BCUT2D eigenvalue weighted by atomic mass is 14.9. The van der Waals surface area contributed by atoms with Gasteiger partial charge in [0.15, 0.2) is 0 Å². The minimum absolute atomic E-state index is 0.677. The van der Waals surface area contributed by atoms with E-state index >= 15 is 0 Å². The molecule has 0 radical (unpaired) electrons. The van der Waals surface area contributed by atoms with Crippen LogP contribution in [-0.2, 0) is 0 Å². The van der Waals surface area contributed by atoms with Crippen LogP contribution in [0.15, 0.2) is 0 Å². The summed E-state index contributed by atoms with van der Waals surface area (Å²) < 4.78 is 0. The number of hydrogen-bond acceptors (Lipinski definition) is 2. The maximum Gasteiger partial charge on any atom is 0.00361 e. The number of hydrogen-bond donors (Lipinski definition) is 2. The van der Waals surface area contributed by atoms with Crippen LogP contribution in [0.1, 0.15) is 33.6 Å². The fourth-order valence-electron chi connectivity index (χ4n) is 0.883. The first-order valence-electron chi connectivity index (χ1n) is 4.75. The van der Waals surface area contributed by atoms with E-state index in [0.29, 0.717) is 6.04 Å². The summed E-state index contributed by atoms with van der Waals surface area (Å²) in [5.74, 6) is 0. The van der Waals surface area contributed by atoms with Crippen molar-refractivity contribution in [2.45, 2.75) is 39.7 Å². The molecule has 0 aliphatic heterocycles. The monoisotopic (exact) mass is 158 g/mol. The zero-order valence-corrected chi connectivity index (χ0v) is 8.11. The molecule has 0 fully saturated rings. The normalized spacial score (nSPS) is 13.4. The first-order chi connectivity index (χ1) is 5.31. The van der Waals surface area contributed by atoms with Crippen LogP contribution in [0.4, 0.5) is 0 Å². The molecule has 68 valence electrons. The molecule has 0 aromatic carbocycles. The Balaban J connectivity index is 2.89. The van der Waals surface area contributed by atoms with E-state index in [-0.39, 0.29) is 0 Å². The topological polar surface area (TPSA) is 24.1 Å². The van der Waals surface area contributed by atoms with Gasteiger partial charge in [-0.1, -0.05) is 13.8 Å². The van der Waals surface area contributed by atoms with E-state index in [2.05, 4.69) is 31.4 Å². The van der Waals surface area contributed by atoms with E-state index in [9.17, 15) is 0 Å². The molecule has 0 heterocycles. The third-order valence-electron chi connectivity index (χ3n) is 1.89. The zero-order chi connectivity index (χ0) is 8.53. The second kappa shape index (κ2) is 8.02. The minimum atomic E-state index is 0.677. The lowest BCUT2D eigenvalue weighted by Gasteiger charge is -2.10. The Morgan fingerprint density at radius 3 is 2.45 bits per heavy atom. The molecule has 0 aromatic rings. The molecular formula is C9H22N2. The molecule has 0 aliphatic carbocycles. The standard InChI is InChI=1S/C9H22N2/c1-4-9(3)11-8-6-7-10-5-2/h9-11H,4-8H2,1-3H3/t9-/m1/s1. The second-order valence-electron chi connectivity index (χ2n) is 2.97. The van der Waals surface area contributed by atoms with Crippen LogP contribution in [0, 0.1) is 0 Å². The summed E-state index contributed by atoms with van der Waals surface area (Å²) >= 11 is 0. The fourth-order valence-corrected chi connectivity index (χ4v) is 0.883. The summed E-state index contributed by atoms with van der Waals surface area (Å²) in [4.78, 5) is 0. The van der Waals surface area contributed by atoms with Crippen LogP contribution in [-0.4, -0.2) is 25.7 Å². The highest BCUT2D eigenvalue weighted by Crippen LogP contribution is 1.86. The molecule has 11 heavy (non-hydrogen) atoms. The van der Waals surface area contributed by atoms with Crippen LogP contribution in [0.25, 0.3) is 0 Å². The van der Waals surface area contributed by atoms with Crippen LogP contribution in [0.2, 0.25) is 0 Å². The van der Waals surface area contributed by atoms with Gasteiger partial charge in [-0.25, -0.2) is 0 Å². The predicted octanol–water partition coefficient (Wildman–Crippen LogP) is 1.37. The maximum atomic E-state index is 3.45. The largest absolute Gasteiger partial charge is 0.317 e. The van der Waals surface area contributed by atoms with E-state index in [0.717, 1.165) is 19.6 Å². The van der Waals surface area contributed by atoms with Crippen molar-refractivity contribution >= 4 is 0 Å². The van der Waals surface area contributed by atoms with E-state index in [1.807, 2.05) is 0 Å². The smallest absolute Gasteiger partial charge is 0.00361 e. The third kappa shape index (κ3) is 7.82. The summed E-state index contributed by atoms with van der Waals surface area (Å²) in [6, 6.07) is 0.677. The van der Waals surface area contributed by atoms with E-state index in [4.69, 9.17) is 0 Å². The molecule has 0 spiro atoms. The molecule has 1 atom stereocenters. The average Bonchev–Trinajstić information content (AvgIpc) is 2.04. The number of nitrogens with one attached hydrogen (secondary N) is 2. The van der Waals surface area contributed by atoms with Crippen molar-refractivity contribution in [1.29, 1.82) is 0 Å². The van der Waals surface area contributed by atoms with Crippen molar-refractivity contribution in [2.75, 3.05) is 19.6 Å². The Kier molecular flexibility index (Phi) is 7.96. The van der Waals surface area contributed by atoms with Crippen LogP contribution in [0.5, 0.6) is 0 Å². The van der Waals surface area contributed by atoms with Gasteiger partial charge in [0.2, 0.25) is 0 Å². The summed E-state index contributed by atoms with van der Waals surface area (Å²) in [6.45, 7) is 9.95. The molecule has 0 aliphatic rings. The van der Waals surface area contributed by atoms with Gasteiger partial charge in [0.05, 0.1) is 0 Å². The van der Waals surface area contributed by atoms with E-state index in [1.54, 1.807) is 0 Å². The van der Waals surface area contributed by atoms with Gasteiger partial charge < -0.3 is 10.6 Å². The summed E-state index contributed by atoms with van der Waals surface area (Å²) in [6.07, 6.45) is 2.46. The molecule has 0 aromatic heterocycles. The average molecular weight is 158 g/mol. The second-order valence-corrected chi connectivity index (χ2v) is 2.97. The minimum Gasteiger partial charge on any atom is -0.317 e. The Hall–Kier alpha value is -0.0800. The van der Waals surface area contributed by atoms with Crippen molar-refractivity contribution < 1.29 is 0 Å². The first-order valence-corrected chi connectivity index (χ1v) is 4.75. The Bertz CT molecular complexity index is 74.0. The van der Waals surface area contributed by atoms with Gasteiger partial charge in [-0.05, 0) is 39.4 Å². The summed E-state index contributed by atoms with van der Waals surface area (Å²) in [5.41, 5.74) is 0. The van der Waals surface area contributed by atoms with E-state index in [1.165, 1.54) is 12.8 Å². The fraction of sp³-hybridized carbons (Fsp3) is 1.00. The van der Waals surface area contributed by atoms with Crippen molar-refractivity contribution in [2.24, 2.45) is 0 Å².